The molecule has 0 spiro atoms. The summed E-state index contributed by atoms with van der Waals surface area (Å²) in [5.74, 6) is 0.273. The number of carbonyl (C=O) groups excluding carboxylic acids is 1. The van der Waals surface area contributed by atoms with Crippen LogP contribution in [0.1, 0.15) is 151 Å². The third-order valence-corrected chi connectivity index (χ3v) is 17.4. The minimum Gasteiger partial charge on any atom is -0.462 e. The normalized spacial score (nSPS) is 29.1. The number of nitrogens with zero attached hydrogens (tertiary/aromatic N) is 3. The van der Waals surface area contributed by atoms with E-state index in [9.17, 15) is 20.1 Å². The molecular formula is C58H83N3O5. The number of hydrogen-bond donors (Lipinski definition) is 3. The smallest absolute Gasteiger partial charge is 0.316 e. The fraction of sp³-hybridized carbons (Fsp3) is 0.638. The summed E-state index contributed by atoms with van der Waals surface area (Å²) < 4.78 is 5.70. The first kappa shape index (κ1) is 49.1. The minimum absolute atomic E-state index is 0.00367. The molecule has 360 valence electrons. The molecule has 8 heteroatoms. The number of ether oxygens (including phenoxy) is 1. The van der Waals surface area contributed by atoms with Crippen LogP contribution in [-0.2, 0) is 20.7 Å². The van der Waals surface area contributed by atoms with Crippen molar-refractivity contribution in [2.75, 3.05) is 52.9 Å². The molecule has 6 unspecified atom stereocenters. The number of carbonyl (C=O) groups is 1. The van der Waals surface area contributed by atoms with Crippen molar-refractivity contribution in [1.29, 1.82) is 0 Å². The van der Waals surface area contributed by atoms with Gasteiger partial charge in [-0.25, -0.2) is 0 Å². The standard InChI is InChI=1S/C21H29NO.C20H31NO.C17H23NO3/c23-21(19-7-3-1-4-8-19,13-16-22-14-5-2-6-15-22)20-11-9-18(17-20)10-12-20;22-20(18-10-4-1-5-11-18,19-12-6-2-7-13-19)14-17-21-15-8-3-9-16-21;1-18-13-7-8-14(18)10-15(9-13)21-17(20)16(11-19)12-5-3-2-4-6-12/h1,3-4,7-9,11,18,23H,2,5-6,10,12-17H2;1,4-5,10-11,19,22H,2-3,6-9,12-17H2;2-6,13-16,19H,7-11H2,1H3/t;;13-,14?,15?,16-/m..1/s1. The van der Waals surface area contributed by atoms with E-state index in [0.29, 0.717) is 23.9 Å². The number of esters is 1. The molecule has 3 aromatic rings. The maximum absolute atomic E-state index is 12.4. The molecule has 8 nitrogen and oxygen atoms in total. The number of benzene rings is 3. The summed E-state index contributed by atoms with van der Waals surface area (Å²) in [6.45, 7) is 6.70. The molecule has 3 N–H and O–H groups in total. The van der Waals surface area contributed by atoms with Gasteiger partial charge in [-0.1, -0.05) is 135 Å². The van der Waals surface area contributed by atoms with Gasteiger partial charge in [0.1, 0.15) is 12.0 Å². The highest BCUT2D eigenvalue weighted by Gasteiger charge is 2.55. The maximum atomic E-state index is 12.4. The number of aliphatic hydroxyl groups is 3. The topological polar surface area (TPSA) is 96.7 Å². The predicted molar refractivity (Wildman–Crippen MR) is 266 cm³/mol. The first-order valence-corrected chi connectivity index (χ1v) is 26.5. The molecule has 4 aliphatic heterocycles. The van der Waals surface area contributed by atoms with Gasteiger partial charge in [-0.3, -0.25) is 4.79 Å². The van der Waals surface area contributed by atoms with Crippen LogP contribution in [0.25, 0.3) is 0 Å². The molecule has 3 aromatic carbocycles. The summed E-state index contributed by atoms with van der Waals surface area (Å²) >= 11 is 0. The van der Waals surface area contributed by atoms with Crippen molar-refractivity contribution in [3.63, 3.8) is 0 Å². The number of allylic oxidation sites excluding steroid dienone is 1. The SMILES string of the molecule is CN1C2CC[C@@H]1CC(OC(=O)[C@H](CO)c1ccccc1)C2.OC(CCN1CCCCC1)(c1ccccc1)C12C=CC(CC1)C2.OC(CCN1CCCCC1)(c1ccccc1)C1CCCCC1. The zero-order valence-electron chi connectivity index (χ0n) is 40.4. The average molecular weight is 902 g/mol. The van der Waals surface area contributed by atoms with Gasteiger partial charge in [0.2, 0.25) is 0 Å². The van der Waals surface area contributed by atoms with Crippen molar-refractivity contribution >= 4 is 5.97 Å². The Balaban J connectivity index is 0.000000135. The summed E-state index contributed by atoms with van der Waals surface area (Å²) in [4.78, 5) is 19.9. The predicted octanol–water partition coefficient (Wildman–Crippen LogP) is 10.4. The highest BCUT2D eigenvalue weighted by Crippen LogP contribution is 2.60. The van der Waals surface area contributed by atoms with Gasteiger partial charge in [-0.05, 0) is 158 Å². The summed E-state index contributed by atoms with van der Waals surface area (Å²) in [6.07, 6.45) is 28.5. The van der Waals surface area contributed by atoms with Gasteiger partial charge >= 0.3 is 5.97 Å². The van der Waals surface area contributed by atoms with E-state index < -0.39 is 17.1 Å². The fourth-order valence-corrected chi connectivity index (χ4v) is 13.3. The van der Waals surface area contributed by atoms with E-state index in [4.69, 9.17) is 4.74 Å². The van der Waals surface area contributed by atoms with Gasteiger partial charge in [-0.2, -0.15) is 0 Å². The monoisotopic (exact) mass is 902 g/mol. The maximum Gasteiger partial charge on any atom is 0.316 e. The molecule has 66 heavy (non-hydrogen) atoms. The highest BCUT2D eigenvalue weighted by molar-refractivity contribution is 5.78. The molecule has 0 radical (unpaired) electrons. The second-order valence-corrected chi connectivity index (χ2v) is 21.4. The lowest BCUT2D eigenvalue weighted by Crippen LogP contribution is -2.45. The Bertz CT molecular complexity index is 1920. The van der Waals surface area contributed by atoms with E-state index in [1.807, 2.05) is 36.4 Å². The Morgan fingerprint density at radius 1 is 0.682 bits per heavy atom. The van der Waals surface area contributed by atoms with Gasteiger partial charge in [0.25, 0.3) is 0 Å². The van der Waals surface area contributed by atoms with Crippen LogP contribution in [-0.4, -0.2) is 107 Å². The Hall–Kier alpha value is -3.37. The van der Waals surface area contributed by atoms with Gasteiger partial charge in [0.15, 0.2) is 0 Å². The number of rotatable bonds is 14. The number of hydrogen-bond acceptors (Lipinski definition) is 8. The molecule has 0 aromatic heterocycles. The zero-order valence-corrected chi connectivity index (χ0v) is 40.4. The Morgan fingerprint density at radius 2 is 1.21 bits per heavy atom. The quantitative estimate of drug-likeness (QED) is 0.109. The van der Waals surface area contributed by atoms with Gasteiger partial charge in [-0.15, -0.1) is 0 Å². The lowest BCUT2D eigenvalue weighted by molar-refractivity contribution is -0.155. The van der Waals surface area contributed by atoms with E-state index >= 15 is 0 Å². The lowest BCUT2D eigenvalue weighted by Gasteiger charge is -2.44. The first-order chi connectivity index (χ1) is 32.2. The average Bonchev–Trinajstić information content (AvgIpc) is 4.06. The van der Waals surface area contributed by atoms with Crippen LogP contribution >= 0.6 is 0 Å². The number of aliphatic hydroxyl groups excluding tert-OH is 1. The van der Waals surface area contributed by atoms with Crippen LogP contribution in [0, 0.1) is 17.3 Å². The molecule has 4 saturated heterocycles. The van der Waals surface area contributed by atoms with E-state index in [2.05, 4.69) is 88.5 Å². The van der Waals surface area contributed by atoms with Crippen molar-refractivity contribution in [1.82, 2.24) is 14.7 Å². The largest absolute Gasteiger partial charge is 0.462 e. The second kappa shape index (κ2) is 23.3. The van der Waals surface area contributed by atoms with Crippen molar-refractivity contribution in [3.8, 4) is 0 Å². The molecule has 10 rings (SSSR count). The zero-order chi connectivity index (χ0) is 45.8. The molecule has 0 amide bonds. The van der Waals surface area contributed by atoms with Crippen molar-refractivity contribution in [2.24, 2.45) is 17.3 Å². The van der Waals surface area contributed by atoms with Crippen LogP contribution < -0.4 is 0 Å². The van der Waals surface area contributed by atoms with E-state index in [1.54, 1.807) is 0 Å². The molecular weight excluding hydrogens is 819 g/mol. The number of fused-ring (bicyclic) bond motifs is 4. The van der Waals surface area contributed by atoms with Crippen LogP contribution in [0.15, 0.2) is 103 Å². The Morgan fingerprint density at radius 3 is 1.73 bits per heavy atom. The third-order valence-electron chi connectivity index (χ3n) is 17.4. The van der Waals surface area contributed by atoms with Crippen molar-refractivity contribution < 1.29 is 24.9 Å². The number of piperidine rings is 3. The van der Waals surface area contributed by atoms with E-state index in [0.717, 1.165) is 68.3 Å². The van der Waals surface area contributed by atoms with E-state index in [1.165, 1.54) is 116 Å². The highest BCUT2D eigenvalue weighted by atomic mass is 16.5. The number of likely N-dealkylation sites (tertiary alicyclic amines) is 2. The van der Waals surface area contributed by atoms with Crippen LogP contribution in [0.5, 0.6) is 0 Å². The Labute approximate surface area is 397 Å². The molecule has 4 heterocycles. The lowest BCUT2D eigenvalue weighted by atomic mass is 9.66. The molecule has 8 atom stereocenters. The summed E-state index contributed by atoms with van der Waals surface area (Å²) in [5.41, 5.74) is 1.70. The van der Waals surface area contributed by atoms with Crippen LogP contribution in [0.2, 0.25) is 0 Å². The molecule has 2 saturated carbocycles. The minimum atomic E-state index is -0.715. The summed E-state index contributed by atoms with van der Waals surface area (Å²) in [6, 6.07) is 31.4. The summed E-state index contributed by atoms with van der Waals surface area (Å²) in [7, 11) is 2.17. The third kappa shape index (κ3) is 11.7. The first-order valence-electron chi connectivity index (χ1n) is 26.5. The fourth-order valence-electron chi connectivity index (χ4n) is 13.3. The van der Waals surface area contributed by atoms with Crippen molar-refractivity contribution in [3.05, 3.63) is 120 Å². The van der Waals surface area contributed by atoms with Crippen LogP contribution in [0.3, 0.4) is 0 Å². The van der Waals surface area contributed by atoms with Gasteiger partial charge in [0.05, 0.1) is 17.8 Å². The second-order valence-electron chi connectivity index (χ2n) is 21.4. The van der Waals surface area contributed by atoms with Gasteiger partial charge in [0, 0.05) is 30.6 Å². The molecule has 3 aliphatic carbocycles. The van der Waals surface area contributed by atoms with Crippen molar-refractivity contribution in [2.45, 2.75) is 164 Å². The molecule has 4 bridgehead atoms. The Kier molecular flexibility index (Phi) is 17.3. The molecule has 6 fully saturated rings. The van der Waals surface area contributed by atoms with Crippen LogP contribution in [0.4, 0.5) is 0 Å². The van der Waals surface area contributed by atoms with Gasteiger partial charge < -0.3 is 34.8 Å². The molecule has 7 aliphatic rings. The van der Waals surface area contributed by atoms with E-state index in [-0.39, 0.29) is 24.1 Å². The summed E-state index contributed by atoms with van der Waals surface area (Å²) in [5, 5.41) is 33.1.